The van der Waals surface area contributed by atoms with E-state index in [0.717, 1.165) is 24.1 Å². The summed E-state index contributed by atoms with van der Waals surface area (Å²) in [5.41, 5.74) is 3.10. The number of para-hydroxylation sites is 1. The maximum Gasteiger partial charge on any atom is 0.166 e. The zero-order valence-corrected chi connectivity index (χ0v) is 17.3. The second-order valence-electron chi connectivity index (χ2n) is 6.35. The Morgan fingerprint density at radius 3 is 2.29 bits per heavy atom. The van der Waals surface area contributed by atoms with Crippen molar-refractivity contribution in [3.8, 4) is 11.5 Å². The molecule has 0 atom stereocenters. The summed E-state index contributed by atoms with van der Waals surface area (Å²) in [5.74, 6) is 1.39. The van der Waals surface area contributed by atoms with Gasteiger partial charge in [0.1, 0.15) is 6.61 Å². The Morgan fingerprint density at radius 1 is 0.857 bits per heavy atom. The molecule has 0 radical (unpaired) electrons. The van der Waals surface area contributed by atoms with E-state index in [9.17, 15) is 0 Å². The van der Waals surface area contributed by atoms with E-state index in [4.69, 9.17) is 32.7 Å². The van der Waals surface area contributed by atoms with E-state index in [2.05, 4.69) is 29.6 Å². The Hall–Kier alpha value is -2.20. The molecule has 1 N–H and O–H groups in total. The van der Waals surface area contributed by atoms with Crippen LogP contribution in [-0.4, -0.2) is 13.7 Å². The average molecular weight is 416 g/mol. The topological polar surface area (TPSA) is 30.5 Å². The Bertz CT molecular complexity index is 880. The Labute approximate surface area is 176 Å². The molecule has 0 aliphatic rings. The van der Waals surface area contributed by atoms with Crippen LogP contribution in [0.5, 0.6) is 11.5 Å². The molecule has 3 aromatic carbocycles. The molecule has 0 aliphatic heterocycles. The average Bonchev–Trinajstić information content (AvgIpc) is 2.72. The van der Waals surface area contributed by atoms with Crippen molar-refractivity contribution < 1.29 is 9.47 Å². The number of rotatable bonds is 9. The summed E-state index contributed by atoms with van der Waals surface area (Å²) < 4.78 is 11.6. The zero-order chi connectivity index (χ0) is 19.8. The highest BCUT2D eigenvalue weighted by Crippen LogP contribution is 2.33. The van der Waals surface area contributed by atoms with Crippen molar-refractivity contribution in [2.24, 2.45) is 0 Å². The van der Waals surface area contributed by atoms with Gasteiger partial charge in [-0.3, -0.25) is 0 Å². The highest BCUT2D eigenvalue weighted by molar-refractivity contribution is 6.35. The minimum Gasteiger partial charge on any atom is -0.493 e. The molecule has 28 heavy (non-hydrogen) atoms. The van der Waals surface area contributed by atoms with Crippen molar-refractivity contribution in [2.75, 3.05) is 13.7 Å². The minimum absolute atomic E-state index is 0.274. The molecule has 0 saturated heterocycles. The van der Waals surface area contributed by atoms with Gasteiger partial charge in [0.2, 0.25) is 0 Å². The van der Waals surface area contributed by atoms with Crippen molar-refractivity contribution in [1.82, 2.24) is 5.32 Å². The van der Waals surface area contributed by atoms with Crippen molar-refractivity contribution in [3.63, 3.8) is 0 Å². The molecule has 0 spiro atoms. The third-order valence-electron chi connectivity index (χ3n) is 4.45. The van der Waals surface area contributed by atoms with E-state index >= 15 is 0 Å². The first-order valence-corrected chi connectivity index (χ1v) is 9.91. The molecule has 0 amide bonds. The van der Waals surface area contributed by atoms with Crippen molar-refractivity contribution in [2.45, 2.75) is 19.6 Å². The fraction of sp³-hybridized carbons (Fsp3) is 0.217. The monoisotopic (exact) mass is 415 g/mol. The molecular weight excluding hydrogens is 393 g/mol. The Kier molecular flexibility index (Phi) is 7.61. The molecule has 3 aromatic rings. The van der Waals surface area contributed by atoms with Crippen LogP contribution in [0, 0.1) is 0 Å². The molecule has 0 aliphatic carbocycles. The summed E-state index contributed by atoms with van der Waals surface area (Å²) in [7, 11) is 1.64. The molecule has 0 fully saturated rings. The number of nitrogens with one attached hydrogen (secondary N) is 1. The molecule has 0 saturated carbocycles. The van der Waals surface area contributed by atoms with Crippen LogP contribution in [0.15, 0.2) is 66.7 Å². The summed E-state index contributed by atoms with van der Waals surface area (Å²) >= 11 is 12.5. The summed E-state index contributed by atoms with van der Waals surface area (Å²) in [4.78, 5) is 0. The lowest BCUT2D eigenvalue weighted by molar-refractivity contribution is 0.281. The number of benzene rings is 3. The van der Waals surface area contributed by atoms with Crippen LogP contribution < -0.4 is 14.8 Å². The van der Waals surface area contributed by atoms with Gasteiger partial charge < -0.3 is 14.8 Å². The molecule has 0 heterocycles. The lowest BCUT2D eigenvalue weighted by Gasteiger charge is -2.16. The van der Waals surface area contributed by atoms with Gasteiger partial charge in [0.05, 0.1) is 7.11 Å². The van der Waals surface area contributed by atoms with Gasteiger partial charge in [-0.2, -0.15) is 0 Å². The number of hydrogen-bond donors (Lipinski definition) is 1. The molecule has 0 bridgehead atoms. The van der Waals surface area contributed by atoms with Gasteiger partial charge in [-0.05, 0) is 36.7 Å². The number of ether oxygens (including phenoxy) is 2. The van der Waals surface area contributed by atoms with E-state index in [1.54, 1.807) is 19.2 Å². The third-order valence-corrected chi connectivity index (χ3v) is 5.16. The Balaban J connectivity index is 1.66. The van der Waals surface area contributed by atoms with E-state index in [0.29, 0.717) is 28.1 Å². The lowest BCUT2D eigenvalue weighted by atomic mass is 10.1. The van der Waals surface area contributed by atoms with Crippen LogP contribution in [-0.2, 0) is 19.6 Å². The second-order valence-corrected chi connectivity index (χ2v) is 7.16. The highest BCUT2D eigenvalue weighted by atomic mass is 35.5. The predicted molar refractivity (Wildman–Crippen MR) is 116 cm³/mol. The number of halogens is 2. The van der Waals surface area contributed by atoms with Crippen molar-refractivity contribution in [3.05, 3.63) is 93.5 Å². The molecule has 5 heteroatoms. The maximum absolute atomic E-state index is 6.26. The van der Waals surface area contributed by atoms with Gasteiger partial charge in [-0.15, -0.1) is 0 Å². The van der Waals surface area contributed by atoms with Crippen LogP contribution >= 0.6 is 23.2 Å². The summed E-state index contributed by atoms with van der Waals surface area (Å²) in [5, 5.41) is 4.65. The molecule has 3 nitrogen and oxygen atoms in total. The number of hydrogen-bond acceptors (Lipinski definition) is 3. The van der Waals surface area contributed by atoms with Gasteiger partial charge in [0.25, 0.3) is 0 Å². The second kappa shape index (κ2) is 10.4. The quantitative estimate of drug-likeness (QED) is 0.440. The van der Waals surface area contributed by atoms with E-state index in [1.807, 2.05) is 30.3 Å². The molecule has 0 aromatic heterocycles. The maximum atomic E-state index is 6.26. The van der Waals surface area contributed by atoms with Crippen LogP contribution in [0.1, 0.15) is 16.7 Å². The van der Waals surface area contributed by atoms with Gasteiger partial charge in [0, 0.05) is 27.7 Å². The first-order chi connectivity index (χ1) is 13.7. The Morgan fingerprint density at radius 2 is 1.57 bits per heavy atom. The third kappa shape index (κ3) is 5.41. The largest absolute Gasteiger partial charge is 0.493 e. The molecule has 0 unspecified atom stereocenters. The summed E-state index contributed by atoms with van der Waals surface area (Å²) in [6.45, 7) is 1.82. The fourth-order valence-electron chi connectivity index (χ4n) is 2.94. The lowest BCUT2D eigenvalue weighted by Crippen LogP contribution is -2.17. The van der Waals surface area contributed by atoms with Crippen LogP contribution in [0.25, 0.3) is 0 Å². The first-order valence-electron chi connectivity index (χ1n) is 9.15. The van der Waals surface area contributed by atoms with Gasteiger partial charge in [-0.25, -0.2) is 0 Å². The van der Waals surface area contributed by atoms with E-state index in [1.165, 1.54) is 5.56 Å². The van der Waals surface area contributed by atoms with Crippen LogP contribution in [0.4, 0.5) is 0 Å². The smallest absolute Gasteiger partial charge is 0.166 e. The molecular formula is C23H23Cl2NO2. The molecule has 3 rings (SSSR count). The van der Waals surface area contributed by atoms with Crippen molar-refractivity contribution >= 4 is 23.2 Å². The van der Waals surface area contributed by atoms with Gasteiger partial charge in [0.15, 0.2) is 11.5 Å². The van der Waals surface area contributed by atoms with Gasteiger partial charge in [-0.1, -0.05) is 71.7 Å². The summed E-state index contributed by atoms with van der Waals surface area (Å²) in [6, 6.07) is 21.7. The van der Waals surface area contributed by atoms with Crippen molar-refractivity contribution in [1.29, 1.82) is 0 Å². The minimum atomic E-state index is 0.274. The number of methoxy groups -OCH3 is 1. The fourth-order valence-corrected chi connectivity index (χ4v) is 3.45. The van der Waals surface area contributed by atoms with E-state index < -0.39 is 0 Å². The van der Waals surface area contributed by atoms with Crippen LogP contribution in [0.3, 0.4) is 0 Å². The summed E-state index contributed by atoms with van der Waals surface area (Å²) in [6.07, 6.45) is 0.968. The standard InChI is InChI=1S/C23H23Cl2NO2/c1-27-22-12-5-9-18(15-26-14-13-17-7-3-2-4-8-17)23(22)28-16-19-20(24)10-6-11-21(19)25/h2-12,26H,13-16H2,1H3. The normalized spacial score (nSPS) is 10.7. The van der Waals surface area contributed by atoms with E-state index in [-0.39, 0.29) is 6.61 Å². The first kappa shape index (κ1) is 20.5. The van der Waals surface area contributed by atoms with Crippen LogP contribution in [0.2, 0.25) is 10.0 Å². The predicted octanol–water partition coefficient (Wildman–Crippen LogP) is 5.91. The van der Waals surface area contributed by atoms with Gasteiger partial charge >= 0.3 is 0 Å². The SMILES string of the molecule is COc1cccc(CNCCc2ccccc2)c1OCc1c(Cl)cccc1Cl. The zero-order valence-electron chi connectivity index (χ0n) is 15.8. The molecule has 146 valence electrons. The highest BCUT2D eigenvalue weighted by Gasteiger charge is 2.13.